The first kappa shape index (κ1) is 17.0. The highest BCUT2D eigenvalue weighted by Crippen LogP contribution is 2.23. The molecule has 0 radical (unpaired) electrons. The number of hydrogen-bond donors (Lipinski definition) is 1. The predicted octanol–water partition coefficient (Wildman–Crippen LogP) is 4.20. The number of rotatable bonds is 8. The smallest absolute Gasteiger partial charge is 0.0303 e. The van der Waals surface area contributed by atoms with Crippen molar-refractivity contribution >= 4 is 0 Å². The summed E-state index contributed by atoms with van der Waals surface area (Å²) < 4.78 is 0. The van der Waals surface area contributed by atoms with Crippen molar-refractivity contribution in [3.8, 4) is 0 Å². The van der Waals surface area contributed by atoms with Gasteiger partial charge in [0.1, 0.15) is 0 Å². The Bertz CT molecular complexity index is 223. The molecule has 1 unspecified atom stereocenters. The first-order chi connectivity index (χ1) is 9.17. The van der Waals surface area contributed by atoms with Crippen LogP contribution in [0.2, 0.25) is 0 Å². The first-order valence-electron chi connectivity index (χ1n) is 8.66. The van der Waals surface area contributed by atoms with Crippen molar-refractivity contribution in [2.45, 2.75) is 90.6 Å². The molecule has 19 heavy (non-hydrogen) atoms. The van der Waals surface area contributed by atoms with Crippen LogP contribution in [-0.2, 0) is 0 Å². The van der Waals surface area contributed by atoms with Crippen LogP contribution >= 0.6 is 0 Å². The lowest BCUT2D eigenvalue weighted by atomic mass is 9.92. The fourth-order valence-corrected chi connectivity index (χ4v) is 3.27. The van der Waals surface area contributed by atoms with Crippen LogP contribution in [0.15, 0.2) is 0 Å². The molecule has 0 aliphatic carbocycles. The minimum absolute atomic E-state index is 0.369. The van der Waals surface area contributed by atoms with E-state index in [-0.39, 0.29) is 0 Å². The van der Waals surface area contributed by atoms with Gasteiger partial charge in [0, 0.05) is 18.1 Å². The van der Waals surface area contributed by atoms with Gasteiger partial charge < -0.3 is 5.32 Å². The van der Waals surface area contributed by atoms with E-state index in [0.717, 1.165) is 6.04 Å². The maximum absolute atomic E-state index is 3.82. The number of nitrogens with zero attached hydrogens (tertiary/aromatic N) is 1. The summed E-state index contributed by atoms with van der Waals surface area (Å²) >= 11 is 0. The second-order valence-corrected chi connectivity index (χ2v) is 6.44. The molecule has 0 spiro atoms. The number of nitrogens with one attached hydrogen (secondary N) is 1. The predicted molar refractivity (Wildman–Crippen MR) is 85.7 cm³/mol. The van der Waals surface area contributed by atoms with Crippen LogP contribution in [0.25, 0.3) is 0 Å². The van der Waals surface area contributed by atoms with Gasteiger partial charge in [0.2, 0.25) is 0 Å². The molecule has 2 nitrogen and oxygen atoms in total. The van der Waals surface area contributed by atoms with Gasteiger partial charge in [-0.3, -0.25) is 4.90 Å². The normalized spacial score (nSPS) is 24.3. The van der Waals surface area contributed by atoms with Crippen LogP contribution in [0.4, 0.5) is 0 Å². The van der Waals surface area contributed by atoms with Gasteiger partial charge in [-0.2, -0.15) is 0 Å². The standard InChI is InChI=1S/C17H36N2/c1-5-8-9-10-11-14-19-15-17(6-2,7-3)18-13-12-16(19)4/h16,18H,5-15H2,1-4H3. The van der Waals surface area contributed by atoms with Crippen molar-refractivity contribution in [2.24, 2.45) is 0 Å². The zero-order chi connectivity index (χ0) is 14.1. The molecule has 1 heterocycles. The van der Waals surface area contributed by atoms with E-state index < -0.39 is 0 Å². The van der Waals surface area contributed by atoms with Gasteiger partial charge >= 0.3 is 0 Å². The molecule has 0 saturated carbocycles. The molecule has 0 aromatic carbocycles. The Labute approximate surface area is 121 Å². The third-order valence-electron chi connectivity index (χ3n) is 5.09. The van der Waals surface area contributed by atoms with Crippen LogP contribution < -0.4 is 5.32 Å². The minimum atomic E-state index is 0.369. The summed E-state index contributed by atoms with van der Waals surface area (Å²) in [7, 11) is 0. The van der Waals surface area contributed by atoms with E-state index in [1.54, 1.807) is 0 Å². The third-order valence-corrected chi connectivity index (χ3v) is 5.09. The van der Waals surface area contributed by atoms with Crippen LogP contribution in [0, 0.1) is 0 Å². The van der Waals surface area contributed by atoms with Gasteiger partial charge in [-0.05, 0) is 45.7 Å². The van der Waals surface area contributed by atoms with Crippen molar-refractivity contribution in [1.29, 1.82) is 0 Å². The van der Waals surface area contributed by atoms with Crippen LogP contribution in [-0.4, -0.2) is 36.1 Å². The molecule has 1 rings (SSSR count). The lowest BCUT2D eigenvalue weighted by Gasteiger charge is -2.37. The Kier molecular flexibility index (Phi) is 8.01. The van der Waals surface area contributed by atoms with Gasteiger partial charge in [0.15, 0.2) is 0 Å². The molecule has 1 aliphatic rings. The molecule has 1 N–H and O–H groups in total. The topological polar surface area (TPSA) is 15.3 Å². The monoisotopic (exact) mass is 268 g/mol. The van der Waals surface area contributed by atoms with Gasteiger partial charge in [0.25, 0.3) is 0 Å². The molecule has 1 fully saturated rings. The first-order valence-corrected chi connectivity index (χ1v) is 8.66. The van der Waals surface area contributed by atoms with E-state index in [0.29, 0.717) is 5.54 Å². The largest absolute Gasteiger partial charge is 0.310 e. The zero-order valence-electron chi connectivity index (χ0n) is 13.8. The Morgan fingerprint density at radius 3 is 2.37 bits per heavy atom. The Morgan fingerprint density at radius 2 is 1.74 bits per heavy atom. The van der Waals surface area contributed by atoms with Crippen molar-refractivity contribution < 1.29 is 0 Å². The summed E-state index contributed by atoms with van der Waals surface area (Å²) in [5.41, 5.74) is 0.369. The summed E-state index contributed by atoms with van der Waals surface area (Å²) in [6.07, 6.45) is 10.8. The fraction of sp³-hybridized carbons (Fsp3) is 1.00. The molecule has 2 heteroatoms. The van der Waals surface area contributed by atoms with Crippen LogP contribution in [0.3, 0.4) is 0 Å². The highest BCUT2D eigenvalue weighted by Gasteiger charge is 2.32. The SMILES string of the molecule is CCCCCCCN1CC(CC)(CC)NCCC1C. The van der Waals surface area contributed by atoms with E-state index in [4.69, 9.17) is 0 Å². The average molecular weight is 268 g/mol. The summed E-state index contributed by atoms with van der Waals surface area (Å²) in [5, 5.41) is 3.82. The van der Waals surface area contributed by atoms with Gasteiger partial charge in [-0.25, -0.2) is 0 Å². The lowest BCUT2D eigenvalue weighted by Crippen LogP contribution is -2.51. The van der Waals surface area contributed by atoms with Gasteiger partial charge in [-0.1, -0.05) is 46.5 Å². The fourth-order valence-electron chi connectivity index (χ4n) is 3.27. The second-order valence-electron chi connectivity index (χ2n) is 6.44. The van der Waals surface area contributed by atoms with Crippen molar-refractivity contribution in [3.63, 3.8) is 0 Å². The summed E-state index contributed by atoms with van der Waals surface area (Å²) in [6, 6.07) is 0.749. The summed E-state index contributed by atoms with van der Waals surface area (Å²) in [4.78, 5) is 2.75. The average Bonchev–Trinajstić information content (AvgIpc) is 2.59. The van der Waals surface area contributed by atoms with Crippen LogP contribution in [0.1, 0.15) is 79.1 Å². The maximum atomic E-state index is 3.82. The van der Waals surface area contributed by atoms with E-state index >= 15 is 0 Å². The Balaban J connectivity index is 2.43. The van der Waals surface area contributed by atoms with Crippen molar-refractivity contribution in [2.75, 3.05) is 19.6 Å². The molecular formula is C17H36N2. The molecule has 1 saturated heterocycles. The van der Waals surface area contributed by atoms with Crippen molar-refractivity contribution in [3.05, 3.63) is 0 Å². The summed E-state index contributed by atoms with van der Waals surface area (Å²) in [5.74, 6) is 0. The molecule has 0 amide bonds. The van der Waals surface area contributed by atoms with Gasteiger partial charge in [-0.15, -0.1) is 0 Å². The molecule has 1 atom stereocenters. The Morgan fingerprint density at radius 1 is 1.05 bits per heavy atom. The molecule has 0 aromatic rings. The molecule has 0 aromatic heterocycles. The highest BCUT2D eigenvalue weighted by atomic mass is 15.2. The van der Waals surface area contributed by atoms with E-state index in [2.05, 4.69) is 37.9 Å². The molecule has 114 valence electrons. The van der Waals surface area contributed by atoms with Crippen molar-refractivity contribution in [1.82, 2.24) is 10.2 Å². The molecule has 0 bridgehead atoms. The van der Waals surface area contributed by atoms with E-state index in [1.807, 2.05) is 0 Å². The third kappa shape index (κ3) is 5.43. The van der Waals surface area contributed by atoms with E-state index in [1.165, 1.54) is 71.0 Å². The van der Waals surface area contributed by atoms with Crippen LogP contribution in [0.5, 0.6) is 0 Å². The van der Waals surface area contributed by atoms with E-state index in [9.17, 15) is 0 Å². The highest BCUT2D eigenvalue weighted by molar-refractivity contribution is 4.93. The maximum Gasteiger partial charge on any atom is 0.0303 e. The number of unbranched alkanes of at least 4 members (excludes halogenated alkanes) is 4. The lowest BCUT2D eigenvalue weighted by molar-refractivity contribution is 0.157. The molecule has 1 aliphatic heterocycles. The summed E-state index contributed by atoms with van der Waals surface area (Å²) in [6.45, 7) is 13.1. The number of hydrogen-bond acceptors (Lipinski definition) is 2. The quantitative estimate of drug-likeness (QED) is 0.664. The van der Waals surface area contributed by atoms with Gasteiger partial charge in [0.05, 0.1) is 0 Å². The second kappa shape index (κ2) is 8.97. The minimum Gasteiger partial charge on any atom is -0.310 e. The zero-order valence-corrected chi connectivity index (χ0v) is 13.8. The Hall–Kier alpha value is -0.0800. The molecular weight excluding hydrogens is 232 g/mol.